The standard InChI is InChI=1S/C10H14Cl2N2O2S.ClH/c1-13-5-2-6-14-17(15,16)10-7-8(11)3-4-9(10)12;/h3-4,7,13-14H,2,5-6H2,1H3;1H. The van der Waals surface area contributed by atoms with E-state index in [0.29, 0.717) is 18.0 Å². The van der Waals surface area contributed by atoms with Crippen LogP contribution in [-0.4, -0.2) is 28.6 Å². The number of hydrogen-bond acceptors (Lipinski definition) is 3. The van der Waals surface area contributed by atoms with E-state index < -0.39 is 10.0 Å². The molecule has 0 saturated carbocycles. The van der Waals surface area contributed by atoms with Gasteiger partial charge < -0.3 is 5.32 Å². The quantitative estimate of drug-likeness (QED) is 0.785. The maximum atomic E-state index is 11.9. The molecule has 8 heteroatoms. The summed E-state index contributed by atoms with van der Waals surface area (Å²) in [4.78, 5) is 0.0103. The molecule has 0 heterocycles. The van der Waals surface area contributed by atoms with E-state index in [2.05, 4.69) is 10.0 Å². The summed E-state index contributed by atoms with van der Waals surface area (Å²) in [5.74, 6) is 0. The highest BCUT2D eigenvalue weighted by Crippen LogP contribution is 2.24. The highest BCUT2D eigenvalue weighted by molar-refractivity contribution is 7.89. The molecule has 0 saturated heterocycles. The molecule has 1 rings (SSSR count). The van der Waals surface area contributed by atoms with Crippen molar-refractivity contribution in [2.24, 2.45) is 0 Å². The van der Waals surface area contributed by atoms with E-state index in [4.69, 9.17) is 23.2 Å². The van der Waals surface area contributed by atoms with Crippen LogP contribution >= 0.6 is 35.6 Å². The summed E-state index contributed by atoms with van der Waals surface area (Å²) in [5, 5.41) is 3.43. The van der Waals surface area contributed by atoms with Crippen molar-refractivity contribution in [1.82, 2.24) is 10.0 Å². The number of rotatable bonds is 6. The van der Waals surface area contributed by atoms with Crippen LogP contribution in [-0.2, 0) is 10.0 Å². The van der Waals surface area contributed by atoms with E-state index >= 15 is 0 Å². The van der Waals surface area contributed by atoms with Crippen molar-refractivity contribution >= 4 is 45.6 Å². The molecule has 0 fully saturated rings. The summed E-state index contributed by atoms with van der Waals surface area (Å²) < 4.78 is 26.3. The van der Waals surface area contributed by atoms with Crippen molar-refractivity contribution < 1.29 is 8.42 Å². The smallest absolute Gasteiger partial charge is 0.242 e. The lowest BCUT2D eigenvalue weighted by molar-refractivity contribution is 0.577. The molecule has 1 aromatic rings. The van der Waals surface area contributed by atoms with E-state index in [1.165, 1.54) is 12.1 Å². The summed E-state index contributed by atoms with van der Waals surface area (Å²) in [6, 6.07) is 4.35. The average Bonchev–Trinajstić information content (AvgIpc) is 2.28. The Morgan fingerprint density at radius 2 is 1.89 bits per heavy atom. The Labute approximate surface area is 124 Å². The third-order valence-electron chi connectivity index (χ3n) is 2.08. The Balaban J connectivity index is 0.00000289. The molecular weight excluding hydrogens is 319 g/mol. The van der Waals surface area contributed by atoms with Gasteiger partial charge in [-0.2, -0.15) is 0 Å². The SMILES string of the molecule is CNCCCNS(=O)(=O)c1cc(Cl)ccc1Cl.Cl. The molecule has 0 aliphatic carbocycles. The zero-order valence-electron chi connectivity index (χ0n) is 9.74. The second-order valence-corrected chi connectivity index (χ2v) is 6.01. The maximum absolute atomic E-state index is 11.9. The van der Waals surface area contributed by atoms with Crippen molar-refractivity contribution in [2.45, 2.75) is 11.3 Å². The molecule has 0 atom stereocenters. The number of hydrogen-bond donors (Lipinski definition) is 2. The van der Waals surface area contributed by atoms with Crippen LogP contribution in [0.5, 0.6) is 0 Å². The summed E-state index contributed by atoms with van der Waals surface area (Å²) in [5.41, 5.74) is 0. The van der Waals surface area contributed by atoms with E-state index in [9.17, 15) is 8.42 Å². The van der Waals surface area contributed by atoms with Crippen molar-refractivity contribution in [3.05, 3.63) is 28.2 Å². The molecular formula is C10H15Cl3N2O2S. The van der Waals surface area contributed by atoms with Gasteiger partial charge in [0.15, 0.2) is 0 Å². The van der Waals surface area contributed by atoms with E-state index in [1.54, 1.807) is 6.07 Å². The fourth-order valence-electron chi connectivity index (χ4n) is 1.23. The first-order valence-corrected chi connectivity index (χ1v) is 7.30. The molecule has 0 radical (unpaired) electrons. The third-order valence-corrected chi connectivity index (χ3v) is 4.26. The minimum atomic E-state index is -3.59. The van der Waals surface area contributed by atoms with Crippen LogP contribution < -0.4 is 10.0 Å². The monoisotopic (exact) mass is 332 g/mol. The minimum absolute atomic E-state index is 0. The van der Waals surface area contributed by atoms with Crippen LogP contribution in [0, 0.1) is 0 Å². The first-order valence-electron chi connectivity index (χ1n) is 5.06. The van der Waals surface area contributed by atoms with Crippen LogP contribution in [0.4, 0.5) is 0 Å². The minimum Gasteiger partial charge on any atom is -0.320 e. The normalized spacial score (nSPS) is 11.1. The highest BCUT2D eigenvalue weighted by Gasteiger charge is 2.17. The highest BCUT2D eigenvalue weighted by atomic mass is 35.5. The van der Waals surface area contributed by atoms with Crippen molar-refractivity contribution in [3.63, 3.8) is 0 Å². The zero-order chi connectivity index (χ0) is 12.9. The Kier molecular flexibility index (Phi) is 8.18. The predicted molar refractivity (Wildman–Crippen MR) is 77.4 cm³/mol. The number of halogens is 3. The first kappa shape index (κ1) is 18.0. The molecule has 0 amide bonds. The number of benzene rings is 1. The zero-order valence-corrected chi connectivity index (χ0v) is 12.9. The van der Waals surface area contributed by atoms with Gasteiger partial charge in [-0.1, -0.05) is 23.2 Å². The maximum Gasteiger partial charge on any atom is 0.242 e. The molecule has 104 valence electrons. The van der Waals surface area contributed by atoms with Crippen LogP contribution in [0.1, 0.15) is 6.42 Å². The van der Waals surface area contributed by atoms with Crippen molar-refractivity contribution in [1.29, 1.82) is 0 Å². The molecule has 0 unspecified atom stereocenters. The summed E-state index contributed by atoms with van der Waals surface area (Å²) >= 11 is 11.6. The average molecular weight is 334 g/mol. The van der Waals surface area contributed by atoms with Gasteiger partial charge in [0, 0.05) is 11.6 Å². The predicted octanol–water partition coefficient (Wildman–Crippen LogP) is 2.30. The van der Waals surface area contributed by atoms with Gasteiger partial charge in [-0.15, -0.1) is 12.4 Å². The lowest BCUT2D eigenvalue weighted by Gasteiger charge is -2.08. The van der Waals surface area contributed by atoms with Gasteiger partial charge >= 0.3 is 0 Å². The van der Waals surface area contributed by atoms with E-state index in [1.807, 2.05) is 7.05 Å². The van der Waals surface area contributed by atoms with Gasteiger partial charge in [-0.25, -0.2) is 13.1 Å². The van der Waals surface area contributed by atoms with Crippen molar-refractivity contribution in [2.75, 3.05) is 20.1 Å². The number of nitrogens with one attached hydrogen (secondary N) is 2. The lowest BCUT2D eigenvalue weighted by Crippen LogP contribution is -2.27. The molecule has 1 aromatic carbocycles. The van der Waals surface area contributed by atoms with Gasteiger partial charge in [0.05, 0.1) is 5.02 Å². The molecule has 0 aromatic heterocycles. The molecule has 0 spiro atoms. The Morgan fingerprint density at radius 3 is 2.50 bits per heavy atom. The van der Waals surface area contributed by atoms with Crippen LogP contribution in [0.2, 0.25) is 10.0 Å². The second kappa shape index (κ2) is 8.19. The lowest BCUT2D eigenvalue weighted by atomic mass is 10.4. The fourth-order valence-corrected chi connectivity index (χ4v) is 3.07. The van der Waals surface area contributed by atoms with E-state index in [0.717, 1.165) is 6.54 Å². The van der Waals surface area contributed by atoms with Gasteiger partial charge in [0.1, 0.15) is 4.90 Å². The summed E-state index contributed by atoms with van der Waals surface area (Å²) in [7, 11) is -1.78. The fraction of sp³-hybridized carbons (Fsp3) is 0.400. The third kappa shape index (κ3) is 5.30. The van der Waals surface area contributed by atoms with Gasteiger partial charge in [0.2, 0.25) is 10.0 Å². The van der Waals surface area contributed by atoms with Crippen LogP contribution in [0.3, 0.4) is 0 Å². The molecule has 0 aliphatic heterocycles. The largest absolute Gasteiger partial charge is 0.320 e. The first-order chi connectivity index (χ1) is 7.97. The van der Waals surface area contributed by atoms with Crippen LogP contribution in [0.15, 0.2) is 23.1 Å². The number of sulfonamides is 1. The molecule has 0 bridgehead atoms. The molecule has 0 aliphatic rings. The van der Waals surface area contributed by atoms with Gasteiger partial charge in [-0.05, 0) is 38.2 Å². The molecule has 18 heavy (non-hydrogen) atoms. The summed E-state index contributed by atoms with van der Waals surface area (Å²) in [6.07, 6.45) is 0.702. The van der Waals surface area contributed by atoms with Gasteiger partial charge in [0.25, 0.3) is 0 Å². The Hall–Kier alpha value is -0.0400. The Morgan fingerprint density at radius 1 is 1.22 bits per heavy atom. The van der Waals surface area contributed by atoms with Crippen molar-refractivity contribution in [3.8, 4) is 0 Å². The molecule has 4 nitrogen and oxygen atoms in total. The summed E-state index contributed by atoms with van der Waals surface area (Å²) in [6.45, 7) is 1.10. The second-order valence-electron chi connectivity index (χ2n) is 3.43. The molecule has 2 N–H and O–H groups in total. The van der Waals surface area contributed by atoms with E-state index in [-0.39, 0.29) is 22.3 Å². The topological polar surface area (TPSA) is 58.2 Å². The Bertz CT molecular complexity index is 480. The van der Waals surface area contributed by atoms with Gasteiger partial charge in [-0.3, -0.25) is 0 Å². The van der Waals surface area contributed by atoms with Crippen LogP contribution in [0.25, 0.3) is 0 Å².